The molecule has 8 heteroatoms. The molecule has 0 radical (unpaired) electrons. The third-order valence-electron chi connectivity index (χ3n) is 2.29. The lowest BCUT2D eigenvalue weighted by atomic mass is 10.3. The Hall–Kier alpha value is -2.51. The number of hydrogen-bond donors (Lipinski definition) is 2. The molecule has 0 aliphatic carbocycles. The fourth-order valence-electron chi connectivity index (χ4n) is 1.37. The number of aromatic nitrogens is 4. The first-order chi connectivity index (χ1) is 9.15. The molecule has 2 rings (SSSR count). The summed E-state index contributed by atoms with van der Waals surface area (Å²) in [6.45, 7) is 1.71. The monoisotopic (exact) mass is 265 g/mol. The zero-order chi connectivity index (χ0) is 13.7. The van der Waals surface area contributed by atoms with Crippen molar-refractivity contribution in [1.82, 2.24) is 25.9 Å². The number of tetrazole rings is 1. The first-order valence-corrected chi connectivity index (χ1v) is 5.57. The van der Waals surface area contributed by atoms with Gasteiger partial charge >= 0.3 is 0 Å². The van der Waals surface area contributed by atoms with Gasteiger partial charge in [-0.25, -0.2) is 4.39 Å². The highest BCUT2D eigenvalue weighted by Crippen LogP contribution is 2.13. The summed E-state index contributed by atoms with van der Waals surface area (Å²) in [4.78, 5) is 11.7. The fourth-order valence-corrected chi connectivity index (χ4v) is 1.37. The largest absolute Gasteiger partial charge is 0.481 e. The van der Waals surface area contributed by atoms with E-state index in [0.29, 0.717) is 11.6 Å². The Morgan fingerprint density at radius 3 is 3.11 bits per heavy atom. The minimum absolute atomic E-state index is 0.145. The zero-order valence-electron chi connectivity index (χ0n) is 10.1. The van der Waals surface area contributed by atoms with Gasteiger partial charge in [-0.1, -0.05) is 11.3 Å². The van der Waals surface area contributed by atoms with E-state index < -0.39 is 11.9 Å². The lowest BCUT2D eigenvalue weighted by molar-refractivity contribution is -0.127. The Balaban J connectivity index is 1.85. The summed E-state index contributed by atoms with van der Waals surface area (Å²) < 4.78 is 18.3. The van der Waals surface area contributed by atoms with Gasteiger partial charge in [0, 0.05) is 6.07 Å². The molecule has 1 aromatic carbocycles. The molecule has 100 valence electrons. The second-order valence-electron chi connectivity index (χ2n) is 3.76. The van der Waals surface area contributed by atoms with Crippen LogP contribution in [0.1, 0.15) is 12.7 Å². The van der Waals surface area contributed by atoms with Crippen molar-refractivity contribution in [2.45, 2.75) is 19.6 Å². The average Bonchev–Trinajstić information content (AvgIpc) is 2.89. The smallest absolute Gasteiger partial charge is 0.261 e. The Kier molecular flexibility index (Phi) is 4.01. The molecule has 0 aliphatic heterocycles. The van der Waals surface area contributed by atoms with Crippen molar-refractivity contribution in [3.63, 3.8) is 0 Å². The van der Waals surface area contributed by atoms with Gasteiger partial charge in [0.1, 0.15) is 11.6 Å². The molecule has 0 spiro atoms. The number of hydrogen-bond acceptors (Lipinski definition) is 5. The maximum absolute atomic E-state index is 12.9. The number of amides is 1. The average molecular weight is 265 g/mol. The van der Waals surface area contributed by atoms with Gasteiger partial charge in [-0.2, -0.15) is 5.21 Å². The van der Waals surface area contributed by atoms with Crippen molar-refractivity contribution in [3.05, 3.63) is 35.9 Å². The molecule has 1 amide bonds. The predicted molar refractivity (Wildman–Crippen MR) is 62.5 cm³/mol. The minimum Gasteiger partial charge on any atom is -0.481 e. The molecule has 1 atom stereocenters. The van der Waals surface area contributed by atoms with Gasteiger partial charge in [0.15, 0.2) is 11.9 Å². The molecule has 0 saturated heterocycles. The maximum atomic E-state index is 12.9. The van der Waals surface area contributed by atoms with Gasteiger partial charge in [-0.15, -0.1) is 10.2 Å². The van der Waals surface area contributed by atoms with E-state index in [0.717, 1.165) is 0 Å². The molecule has 0 bridgehead atoms. The number of H-pyrrole nitrogens is 1. The number of aromatic amines is 1. The van der Waals surface area contributed by atoms with Crippen LogP contribution in [0.25, 0.3) is 0 Å². The van der Waals surface area contributed by atoms with Crippen LogP contribution in [0.4, 0.5) is 4.39 Å². The molecule has 1 aromatic heterocycles. The number of nitrogens with one attached hydrogen (secondary N) is 2. The number of benzene rings is 1. The summed E-state index contributed by atoms with van der Waals surface area (Å²) in [6.07, 6.45) is -0.756. The van der Waals surface area contributed by atoms with E-state index in [2.05, 4.69) is 25.9 Å². The van der Waals surface area contributed by atoms with Gasteiger partial charge in [-0.3, -0.25) is 4.79 Å². The van der Waals surface area contributed by atoms with Crippen LogP contribution >= 0.6 is 0 Å². The molecular weight excluding hydrogens is 253 g/mol. The summed E-state index contributed by atoms with van der Waals surface area (Å²) in [5.41, 5.74) is 0. The van der Waals surface area contributed by atoms with Crippen LogP contribution in [0.5, 0.6) is 5.75 Å². The van der Waals surface area contributed by atoms with Crippen molar-refractivity contribution in [3.8, 4) is 5.75 Å². The molecule has 1 unspecified atom stereocenters. The number of halogens is 1. The van der Waals surface area contributed by atoms with E-state index in [4.69, 9.17) is 4.74 Å². The van der Waals surface area contributed by atoms with Gasteiger partial charge in [0.2, 0.25) is 0 Å². The van der Waals surface area contributed by atoms with Crippen LogP contribution in [-0.2, 0) is 11.3 Å². The highest BCUT2D eigenvalue weighted by atomic mass is 19.1. The van der Waals surface area contributed by atoms with Crippen molar-refractivity contribution in [2.24, 2.45) is 0 Å². The normalized spacial score (nSPS) is 11.9. The molecule has 0 aliphatic rings. The third kappa shape index (κ3) is 3.73. The quantitative estimate of drug-likeness (QED) is 0.817. The van der Waals surface area contributed by atoms with Gasteiger partial charge < -0.3 is 10.1 Å². The Bertz CT molecular complexity index is 546. The highest BCUT2D eigenvalue weighted by Gasteiger charge is 2.15. The van der Waals surface area contributed by atoms with Crippen LogP contribution in [0.2, 0.25) is 0 Å². The second-order valence-corrected chi connectivity index (χ2v) is 3.76. The van der Waals surface area contributed by atoms with Gasteiger partial charge in [0.05, 0.1) is 6.54 Å². The standard InChI is InChI=1S/C11H12FN5O2/c1-7(19-9-4-2-3-8(12)5-9)11(18)13-6-10-14-16-17-15-10/h2-5,7H,6H2,1H3,(H,13,18)(H,14,15,16,17). The lowest BCUT2D eigenvalue weighted by Crippen LogP contribution is -2.36. The van der Waals surface area contributed by atoms with Crippen LogP contribution < -0.4 is 10.1 Å². The molecule has 0 saturated carbocycles. The van der Waals surface area contributed by atoms with Crippen molar-refractivity contribution in [2.75, 3.05) is 0 Å². The summed E-state index contributed by atoms with van der Waals surface area (Å²) >= 11 is 0. The zero-order valence-corrected chi connectivity index (χ0v) is 10.1. The van der Waals surface area contributed by atoms with Crippen molar-refractivity contribution in [1.29, 1.82) is 0 Å². The minimum atomic E-state index is -0.756. The SMILES string of the molecule is CC(Oc1cccc(F)c1)C(=O)NCc1nn[nH]n1. The highest BCUT2D eigenvalue weighted by molar-refractivity contribution is 5.80. The molecule has 7 nitrogen and oxygen atoms in total. The predicted octanol–water partition coefficient (Wildman–Crippen LogP) is 0.422. The molecule has 1 heterocycles. The summed E-state index contributed by atoms with van der Waals surface area (Å²) in [6, 6.07) is 5.59. The van der Waals surface area contributed by atoms with Crippen LogP contribution in [0.3, 0.4) is 0 Å². The van der Waals surface area contributed by atoms with E-state index >= 15 is 0 Å². The first kappa shape index (κ1) is 12.9. The number of rotatable bonds is 5. The Morgan fingerprint density at radius 2 is 2.42 bits per heavy atom. The van der Waals surface area contributed by atoms with Gasteiger partial charge in [0.25, 0.3) is 5.91 Å². The summed E-state index contributed by atoms with van der Waals surface area (Å²) in [5, 5.41) is 15.6. The third-order valence-corrected chi connectivity index (χ3v) is 2.29. The van der Waals surface area contributed by atoms with Crippen LogP contribution in [-0.4, -0.2) is 32.6 Å². The Morgan fingerprint density at radius 1 is 1.58 bits per heavy atom. The van der Waals surface area contributed by atoms with Crippen LogP contribution in [0.15, 0.2) is 24.3 Å². The molecule has 19 heavy (non-hydrogen) atoms. The number of nitrogens with zero attached hydrogens (tertiary/aromatic N) is 3. The van der Waals surface area contributed by atoms with E-state index in [9.17, 15) is 9.18 Å². The van der Waals surface area contributed by atoms with Crippen molar-refractivity contribution < 1.29 is 13.9 Å². The number of carbonyl (C=O) groups excluding carboxylic acids is 1. The Labute approximate surface area is 108 Å². The van der Waals surface area contributed by atoms with E-state index in [1.807, 2.05) is 0 Å². The van der Waals surface area contributed by atoms with E-state index in [1.54, 1.807) is 13.0 Å². The fraction of sp³-hybridized carbons (Fsp3) is 0.273. The molecule has 2 aromatic rings. The number of carbonyl (C=O) groups is 1. The van der Waals surface area contributed by atoms with E-state index in [-0.39, 0.29) is 12.5 Å². The summed E-state index contributed by atoms with van der Waals surface area (Å²) in [7, 11) is 0. The lowest BCUT2D eigenvalue weighted by Gasteiger charge is -2.13. The topological polar surface area (TPSA) is 92.8 Å². The second kappa shape index (κ2) is 5.89. The van der Waals surface area contributed by atoms with Gasteiger partial charge in [-0.05, 0) is 19.1 Å². The van der Waals surface area contributed by atoms with Crippen molar-refractivity contribution >= 4 is 5.91 Å². The summed E-state index contributed by atoms with van der Waals surface area (Å²) in [5.74, 6) is -0.112. The molecule has 2 N–H and O–H groups in total. The van der Waals surface area contributed by atoms with Crippen LogP contribution in [0, 0.1) is 5.82 Å². The molecular formula is C11H12FN5O2. The molecule has 0 fully saturated rings. The number of ether oxygens (including phenoxy) is 1. The van der Waals surface area contributed by atoms with E-state index in [1.165, 1.54) is 18.2 Å². The first-order valence-electron chi connectivity index (χ1n) is 5.57. The maximum Gasteiger partial charge on any atom is 0.261 e.